The van der Waals surface area contributed by atoms with E-state index >= 15 is 0 Å². The number of nitrogens with two attached hydrogens (primary N) is 2. The SMILES string of the molecule is CC(N)C1CCCCN1c1ccc(Cl)cc1C(N)=O. The number of nitrogens with zero attached hydrogens (tertiary/aromatic N) is 1. The Balaban J connectivity index is 2.41. The van der Waals surface area contributed by atoms with Crippen LogP contribution in [0.15, 0.2) is 18.2 Å². The van der Waals surface area contributed by atoms with E-state index in [1.807, 2.05) is 13.0 Å². The van der Waals surface area contributed by atoms with E-state index in [1.54, 1.807) is 12.1 Å². The lowest BCUT2D eigenvalue weighted by Crippen LogP contribution is -2.49. The molecule has 5 heteroatoms. The number of hydrogen-bond acceptors (Lipinski definition) is 3. The molecule has 0 spiro atoms. The average Bonchev–Trinajstić information content (AvgIpc) is 2.38. The summed E-state index contributed by atoms with van der Waals surface area (Å²) in [7, 11) is 0. The molecule has 19 heavy (non-hydrogen) atoms. The van der Waals surface area contributed by atoms with E-state index in [0.717, 1.165) is 25.1 Å². The minimum Gasteiger partial charge on any atom is -0.366 e. The summed E-state index contributed by atoms with van der Waals surface area (Å²) in [6.45, 7) is 2.90. The first kappa shape index (κ1) is 14.2. The zero-order valence-electron chi connectivity index (χ0n) is 11.1. The van der Waals surface area contributed by atoms with Crippen LogP contribution >= 0.6 is 11.6 Å². The third-order valence-corrected chi connectivity index (χ3v) is 3.92. The van der Waals surface area contributed by atoms with Crippen molar-refractivity contribution in [2.24, 2.45) is 11.5 Å². The molecule has 0 bridgehead atoms. The van der Waals surface area contributed by atoms with Crippen molar-refractivity contribution in [2.45, 2.75) is 38.3 Å². The van der Waals surface area contributed by atoms with Gasteiger partial charge in [0.15, 0.2) is 0 Å². The quantitative estimate of drug-likeness (QED) is 0.892. The normalized spacial score (nSPS) is 21.2. The van der Waals surface area contributed by atoms with Crippen molar-refractivity contribution in [1.29, 1.82) is 0 Å². The largest absolute Gasteiger partial charge is 0.366 e. The highest BCUT2D eigenvalue weighted by atomic mass is 35.5. The molecule has 1 aromatic rings. The Labute approximate surface area is 118 Å². The molecule has 1 amide bonds. The minimum atomic E-state index is -0.452. The van der Waals surface area contributed by atoms with Crippen LogP contribution in [-0.4, -0.2) is 24.5 Å². The van der Waals surface area contributed by atoms with Crippen LogP contribution in [0.25, 0.3) is 0 Å². The number of amides is 1. The second kappa shape index (κ2) is 5.80. The maximum atomic E-state index is 11.6. The summed E-state index contributed by atoms with van der Waals surface area (Å²) in [5.41, 5.74) is 12.8. The molecule has 2 atom stereocenters. The first-order valence-corrected chi connectivity index (χ1v) is 7.00. The van der Waals surface area contributed by atoms with Gasteiger partial charge in [0, 0.05) is 29.3 Å². The summed E-state index contributed by atoms with van der Waals surface area (Å²) in [6, 6.07) is 5.58. The molecule has 0 radical (unpaired) electrons. The molecule has 4 N–H and O–H groups in total. The van der Waals surface area contributed by atoms with Crippen molar-refractivity contribution in [3.63, 3.8) is 0 Å². The standard InChI is InChI=1S/C14H20ClN3O/c1-9(16)12-4-2-3-7-18(12)13-6-5-10(15)8-11(13)14(17)19/h5-6,8-9,12H,2-4,7,16H2,1H3,(H2,17,19). The number of piperidine rings is 1. The van der Waals surface area contributed by atoms with Crippen LogP contribution in [0.5, 0.6) is 0 Å². The highest BCUT2D eigenvalue weighted by molar-refractivity contribution is 6.31. The number of carbonyl (C=O) groups is 1. The number of hydrogen-bond donors (Lipinski definition) is 2. The first-order valence-electron chi connectivity index (χ1n) is 6.62. The van der Waals surface area contributed by atoms with E-state index in [-0.39, 0.29) is 12.1 Å². The Morgan fingerprint density at radius 3 is 2.84 bits per heavy atom. The van der Waals surface area contributed by atoms with Gasteiger partial charge in [-0.15, -0.1) is 0 Å². The van der Waals surface area contributed by atoms with Gasteiger partial charge in [0.2, 0.25) is 0 Å². The van der Waals surface area contributed by atoms with Gasteiger partial charge in [0.1, 0.15) is 0 Å². The molecule has 2 rings (SSSR count). The van der Waals surface area contributed by atoms with Gasteiger partial charge in [0.25, 0.3) is 5.91 Å². The van der Waals surface area contributed by atoms with Crippen molar-refractivity contribution in [3.05, 3.63) is 28.8 Å². The molecule has 1 heterocycles. The summed E-state index contributed by atoms with van der Waals surface area (Å²) >= 11 is 5.95. The van der Waals surface area contributed by atoms with Gasteiger partial charge >= 0.3 is 0 Å². The van der Waals surface area contributed by atoms with E-state index in [1.165, 1.54) is 6.42 Å². The average molecular weight is 282 g/mol. The minimum absolute atomic E-state index is 0.0525. The zero-order chi connectivity index (χ0) is 14.0. The highest BCUT2D eigenvalue weighted by Gasteiger charge is 2.28. The smallest absolute Gasteiger partial charge is 0.250 e. The van der Waals surface area contributed by atoms with Crippen molar-refractivity contribution in [1.82, 2.24) is 0 Å². The molecule has 1 aliphatic rings. The lowest BCUT2D eigenvalue weighted by Gasteiger charge is -2.40. The fourth-order valence-corrected chi connectivity index (χ4v) is 2.93. The molecule has 1 saturated heterocycles. The third kappa shape index (κ3) is 3.01. The Morgan fingerprint density at radius 2 is 2.21 bits per heavy atom. The van der Waals surface area contributed by atoms with Gasteiger partial charge in [-0.2, -0.15) is 0 Å². The maximum absolute atomic E-state index is 11.6. The Kier molecular flexibility index (Phi) is 4.32. The molecule has 0 aliphatic carbocycles. The molecule has 104 valence electrons. The van der Waals surface area contributed by atoms with Gasteiger partial charge in [-0.1, -0.05) is 11.6 Å². The van der Waals surface area contributed by atoms with Crippen LogP contribution in [0.1, 0.15) is 36.5 Å². The van der Waals surface area contributed by atoms with Crippen molar-refractivity contribution in [2.75, 3.05) is 11.4 Å². The van der Waals surface area contributed by atoms with E-state index in [9.17, 15) is 4.79 Å². The van der Waals surface area contributed by atoms with E-state index in [2.05, 4.69) is 4.90 Å². The Bertz CT molecular complexity index is 476. The fraction of sp³-hybridized carbons (Fsp3) is 0.500. The molecule has 0 saturated carbocycles. The summed E-state index contributed by atoms with van der Waals surface area (Å²) < 4.78 is 0. The molecule has 1 aromatic carbocycles. The summed E-state index contributed by atoms with van der Waals surface area (Å²) in [5, 5.41) is 0.520. The maximum Gasteiger partial charge on any atom is 0.250 e. The lowest BCUT2D eigenvalue weighted by molar-refractivity contribution is 0.100. The van der Waals surface area contributed by atoms with Gasteiger partial charge < -0.3 is 16.4 Å². The second-order valence-corrected chi connectivity index (χ2v) is 5.58. The number of anilines is 1. The van der Waals surface area contributed by atoms with E-state index in [4.69, 9.17) is 23.1 Å². The molecular weight excluding hydrogens is 262 g/mol. The molecule has 0 aromatic heterocycles. The van der Waals surface area contributed by atoms with Gasteiger partial charge in [-0.3, -0.25) is 4.79 Å². The lowest BCUT2D eigenvalue weighted by atomic mass is 9.95. The number of benzene rings is 1. The van der Waals surface area contributed by atoms with Gasteiger partial charge in [0.05, 0.1) is 5.56 Å². The van der Waals surface area contributed by atoms with Crippen LogP contribution in [0, 0.1) is 0 Å². The highest BCUT2D eigenvalue weighted by Crippen LogP contribution is 2.30. The molecule has 1 aliphatic heterocycles. The summed E-state index contributed by atoms with van der Waals surface area (Å²) in [5.74, 6) is -0.452. The van der Waals surface area contributed by atoms with Crippen LogP contribution in [0.2, 0.25) is 5.02 Å². The number of rotatable bonds is 3. The number of primary amides is 1. The second-order valence-electron chi connectivity index (χ2n) is 5.14. The van der Waals surface area contributed by atoms with E-state index < -0.39 is 5.91 Å². The van der Waals surface area contributed by atoms with Crippen LogP contribution in [-0.2, 0) is 0 Å². The van der Waals surface area contributed by atoms with Gasteiger partial charge in [-0.05, 0) is 44.4 Å². The summed E-state index contributed by atoms with van der Waals surface area (Å²) in [6.07, 6.45) is 3.31. The zero-order valence-corrected chi connectivity index (χ0v) is 11.9. The fourth-order valence-electron chi connectivity index (χ4n) is 2.76. The van der Waals surface area contributed by atoms with E-state index in [0.29, 0.717) is 10.6 Å². The monoisotopic (exact) mass is 281 g/mol. The van der Waals surface area contributed by atoms with Crippen LogP contribution < -0.4 is 16.4 Å². The predicted octanol–water partition coefficient (Wildman–Crippen LogP) is 2.15. The molecule has 2 unspecified atom stereocenters. The molecule has 4 nitrogen and oxygen atoms in total. The van der Waals surface area contributed by atoms with Crippen LogP contribution in [0.3, 0.4) is 0 Å². The number of halogens is 1. The molecule has 1 fully saturated rings. The summed E-state index contributed by atoms with van der Waals surface area (Å²) in [4.78, 5) is 13.8. The third-order valence-electron chi connectivity index (χ3n) is 3.69. The van der Waals surface area contributed by atoms with Crippen LogP contribution in [0.4, 0.5) is 5.69 Å². The van der Waals surface area contributed by atoms with Crippen molar-refractivity contribution in [3.8, 4) is 0 Å². The molecular formula is C14H20ClN3O. The number of carbonyl (C=O) groups excluding carboxylic acids is 1. The predicted molar refractivity (Wildman–Crippen MR) is 78.6 cm³/mol. The van der Waals surface area contributed by atoms with Crippen molar-refractivity contribution < 1.29 is 4.79 Å². The first-order chi connectivity index (χ1) is 9.00. The van der Waals surface area contributed by atoms with Gasteiger partial charge in [-0.25, -0.2) is 0 Å². The topological polar surface area (TPSA) is 72.3 Å². The Hall–Kier alpha value is -1.26. The Morgan fingerprint density at radius 1 is 1.47 bits per heavy atom. The van der Waals surface area contributed by atoms with Crippen molar-refractivity contribution >= 4 is 23.2 Å².